The molecule has 0 bridgehead atoms. The number of benzene rings is 1. The Kier molecular flexibility index (Phi) is 2.46. The first-order valence-corrected chi connectivity index (χ1v) is 7.37. The van der Waals surface area contributed by atoms with Crippen molar-refractivity contribution in [3.8, 4) is 11.3 Å². The highest BCUT2D eigenvalue weighted by molar-refractivity contribution is 6.12. The SMILES string of the molecule is c1ccc2c(-c3cncc4oc5cccnc5c34)nccc2c1. The van der Waals surface area contributed by atoms with Crippen LogP contribution in [0.1, 0.15) is 0 Å². The second-order valence-corrected chi connectivity index (χ2v) is 5.39. The first-order chi connectivity index (χ1) is 11.4. The van der Waals surface area contributed by atoms with Crippen molar-refractivity contribution in [1.29, 1.82) is 0 Å². The zero-order valence-electron chi connectivity index (χ0n) is 12.1. The molecule has 5 rings (SSSR count). The first-order valence-electron chi connectivity index (χ1n) is 7.37. The Morgan fingerprint density at radius 3 is 2.74 bits per heavy atom. The van der Waals surface area contributed by atoms with Crippen LogP contribution in [-0.4, -0.2) is 15.0 Å². The summed E-state index contributed by atoms with van der Waals surface area (Å²) >= 11 is 0. The van der Waals surface area contributed by atoms with Gasteiger partial charge in [-0.1, -0.05) is 24.3 Å². The lowest BCUT2D eigenvalue weighted by atomic mass is 10.0. The van der Waals surface area contributed by atoms with Gasteiger partial charge in [-0.15, -0.1) is 0 Å². The van der Waals surface area contributed by atoms with E-state index in [-0.39, 0.29) is 0 Å². The number of fused-ring (bicyclic) bond motifs is 4. The van der Waals surface area contributed by atoms with E-state index in [1.54, 1.807) is 12.4 Å². The molecule has 4 aromatic heterocycles. The zero-order valence-corrected chi connectivity index (χ0v) is 12.1. The third-order valence-corrected chi connectivity index (χ3v) is 4.07. The highest BCUT2D eigenvalue weighted by Gasteiger charge is 2.16. The summed E-state index contributed by atoms with van der Waals surface area (Å²) in [6, 6.07) is 14.0. The first kappa shape index (κ1) is 12.3. The fraction of sp³-hybridized carbons (Fsp3) is 0. The summed E-state index contributed by atoms with van der Waals surface area (Å²) in [5.74, 6) is 0. The van der Waals surface area contributed by atoms with Gasteiger partial charge in [0.05, 0.1) is 17.3 Å². The molecule has 0 aliphatic heterocycles. The van der Waals surface area contributed by atoms with Crippen LogP contribution in [0.5, 0.6) is 0 Å². The van der Waals surface area contributed by atoms with Crippen molar-refractivity contribution in [2.45, 2.75) is 0 Å². The van der Waals surface area contributed by atoms with E-state index in [0.29, 0.717) is 0 Å². The number of pyridine rings is 3. The van der Waals surface area contributed by atoms with E-state index >= 15 is 0 Å². The molecule has 0 fully saturated rings. The Morgan fingerprint density at radius 1 is 0.783 bits per heavy atom. The Hall–Kier alpha value is -3.27. The second-order valence-electron chi connectivity index (χ2n) is 5.39. The maximum absolute atomic E-state index is 5.87. The van der Waals surface area contributed by atoms with E-state index in [2.05, 4.69) is 27.1 Å². The normalized spacial score (nSPS) is 11.5. The highest BCUT2D eigenvalue weighted by atomic mass is 16.3. The lowest BCUT2D eigenvalue weighted by Crippen LogP contribution is -1.88. The molecule has 108 valence electrons. The molecule has 5 aromatic rings. The molecule has 0 aliphatic rings. The number of rotatable bonds is 1. The van der Waals surface area contributed by atoms with Gasteiger partial charge in [0.15, 0.2) is 11.2 Å². The topological polar surface area (TPSA) is 51.8 Å². The van der Waals surface area contributed by atoms with E-state index in [0.717, 1.165) is 44.1 Å². The van der Waals surface area contributed by atoms with Crippen LogP contribution in [0.25, 0.3) is 44.1 Å². The lowest BCUT2D eigenvalue weighted by Gasteiger charge is -2.06. The molecule has 0 N–H and O–H groups in total. The predicted molar refractivity (Wildman–Crippen MR) is 90.0 cm³/mol. The molecule has 0 amide bonds. The Bertz CT molecular complexity index is 1170. The molecule has 0 radical (unpaired) electrons. The molecule has 4 heteroatoms. The summed E-state index contributed by atoms with van der Waals surface area (Å²) < 4.78 is 5.87. The van der Waals surface area contributed by atoms with Gasteiger partial charge >= 0.3 is 0 Å². The van der Waals surface area contributed by atoms with Gasteiger partial charge in [0.25, 0.3) is 0 Å². The van der Waals surface area contributed by atoms with E-state index in [1.165, 1.54) is 0 Å². The molecule has 4 heterocycles. The minimum atomic E-state index is 0.728. The second kappa shape index (κ2) is 4.61. The largest absolute Gasteiger partial charge is 0.453 e. The Balaban J connectivity index is 1.96. The molecule has 0 aliphatic carbocycles. The average Bonchev–Trinajstić information content (AvgIpc) is 3.00. The highest BCUT2D eigenvalue weighted by Crippen LogP contribution is 2.36. The molecule has 0 spiro atoms. The average molecular weight is 297 g/mol. The van der Waals surface area contributed by atoms with Gasteiger partial charge in [-0.3, -0.25) is 15.0 Å². The monoisotopic (exact) mass is 297 g/mol. The zero-order chi connectivity index (χ0) is 15.2. The van der Waals surface area contributed by atoms with Crippen LogP contribution in [0.4, 0.5) is 0 Å². The maximum atomic E-state index is 5.87. The van der Waals surface area contributed by atoms with Crippen molar-refractivity contribution in [2.75, 3.05) is 0 Å². The van der Waals surface area contributed by atoms with E-state index in [1.807, 2.05) is 42.7 Å². The molecular weight excluding hydrogens is 286 g/mol. The van der Waals surface area contributed by atoms with Gasteiger partial charge in [0.1, 0.15) is 5.52 Å². The van der Waals surface area contributed by atoms with Crippen molar-refractivity contribution in [1.82, 2.24) is 15.0 Å². The van der Waals surface area contributed by atoms with E-state index in [9.17, 15) is 0 Å². The van der Waals surface area contributed by atoms with E-state index in [4.69, 9.17) is 4.42 Å². The number of aromatic nitrogens is 3. The van der Waals surface area contributed by atoms with Crippen molar-refractivity contribution in [2.24, 2.45) is 0 Å². The van der Waals surface area contributed by atoms with Crippen LogP contribution in [0.15, 0.2) is 71.7 Å². The lowest BCUT2D eigenvalue weighted by molar-refractivity contribution is 0.666. The summed E-state index contributed by atoms with van der Waals surface area (Å²) in [7, 11) is 0. The van der Waals surface area contributed by atoms with Crippen molar-refractivity contribution < 1.29 is 4.42 Å². The van der Waals surface area contributed by atoms with Crippen molar-refractivity contribution >= 4 is 32.8 Å². The summed E-state index contributed by atoms with van der Waals surface area (Å²) in [5, 5.41) is 3.20. The number of hydrogen-bond acceptors (Lipinski definition) is 4. The predicted octanol–water partition coefficient (Wildman–Crippen LogP) is 4.59. The summed E-state index contributed by atoms with van der Waals surface area (Å²) in [6.07, 6.45) is 7.16. The maximum Gasteiger partial charge on any atom is 0.156 e. The van der Waals surface area contributed by atoms with Gasteiger partial charge in [-0.05, 0) is 23.6 Å². The third-order valence-electron chi connectivity index (χ3n) is 4.07. The minimum absolute atomic E-state index is 0.728. The molecule has 0 saturated carbocycles. The fourth-order valence-electron chi connectivity index (χ4n) is 3.06. The minimum Gasteiger partial charge on any atom is -0.453 e. The smallest absolute Gasteiger partial charge is 0.156 e. The van der Waals surface area contributed by atoms with Crippen LogP contribution < -0.4 is 0 Å². The molecule has 1 aromatic carbocycles. The summed E-state index contributed by atoms with van der Waals surface area (Å²) in [6.45, 7) is 0. The molecule has 4 nitrogen and oxygen atoms in total. The quantitative estimate of drug-likeness (QED) is 0.454. The standard InChI is InChI=1S/C19H11N3O/c1-2-5-13-12(4-1)7-9-22-18(13)14-10-20-11-16-17(14)19-15(23-16)6-3-8-21-19/h1-11H. The molecular formula is C19H11N3O. The van der Waals surface area contributed by atoms with Crippen molar-refractivity contribution in [3.63, 3.8) is 0 Å². The molecule has 0 unspecified atom stereocenters. The van der Waals surface area contributed by atoms with Gasteiger partial charge < -0.3 is 4.42 Å². The Morgan fingerprint density at radius 2 is 1.74 bits per heavy atom. The number of hydrogen-bond donors (Lipinski definition) is 0. The summed E-state index contributed by atoms with van der Waals surface area (Å²) in [4.78, 5) is 13.4. The van der Waals surface area contributed by atoms with Crippen LogP contribution in [0, 0.1) is 0 Å². The number of nitrogens with zero attached hydrogens (tertiary/aromatic N) is 3. The fourth-order valence-corrected chi connectivity index (χ4v) is 3.06. The Labute approximate surface area is 131 Å². The van der Waals surface area contributed by atoms with E-state index < -0.39 is 0 Å². The van der Waals surface area contributed by atoms with Gasteiger partial charge in [0, 0.05) is 29.5 Å². The molecule has 23 heavy (non-hydrogen) atoms. The van der Waals surface area contributed by atoms with Crippen LogP contribution >= 0.6 is 0 Å². The van der Waals surface area contributed by atoms with Crippen LogP contribution in [-0.2, 0) is 0 Å². The van der Waals surface area contributed by atoms with Gasteiger partial charge in [-0.25, -0.2) is 0 Å². The summed E-state index contributed by atoms with van der Waals surface area (Å²) in [5.41, 5.74) is 4.17. The molecule has 0 atom stereocenters. The van der Waals surface area contributed by atoms with Gasteiger partial charge in [0.2, 0.25) is 0 Å². The number of furan rings is 1. The third kappa shape index (κ3) is 1.75. The molecule has 0 saturated heterocycles. The van der Waals surface area contributed by atoms with Crippen LogP contribution in [0.3, 0.4) is 0 Å². The van der Waals surface area contributed by atoms with Crippen molar-refractivity contribution in [3.05, 3.63) is 67.3 Å². The van der Waals surface area contributed by atoms with Gasteiger partial charge in [-0.2, -0.15) is 0 Å². The van der Waals surface area contributed by atoms with Crippen LogP contribution in [0.2, 0.25) is 0 Å².